The Morgan fingerprint density at radius 3 is 1.89 bits per heavy atom. The van der Waals surface area contributed by atoms with Gasteiger partial charge in [-0.25, -0.2) is 19.9 Å². The van der Waals surface area contributed by atoms with Crippen molar-refractivity contribution in [3.05, 3.63) is 44.5 Å². The highest BCUT2D eigenvalue weighted by atomic mass is 79.9. The molecule has 12 nitrogen and oxygen atoms in total. The highest BCUT2D eigenvalue weighted by Gasteiger charge is 2.15. The predicted molar refractivity (Wildman–Crippen MR) is 151 cm³/mol. The van der Waals surface area contributed by atoms with Crippen molar-refractivity contribution in [3.63, 3.8) is 0 Å². The molecule has 0 radical (unpaired) electrons. The van der Waals surface area contributed by atoms with E-state index in [4.69, 9.17) is 9.47 Å². The van der Waals surface area contributed by atoms with Gasteiger partial charge in [-0.3, -0.25) is 14.2 Å². The van der Waals surface area contributed by atoms with Crippen molar-refractivity contribution in [1.82, 2.24) is 39.5 Å². The number of fused-ring (bicyclic) bond motifs is 2. The maximum absolute atomic E-state index is 12.3. The SMILES string of the molecule is CCCBr.CCn1c(=O)c(C(C)C)nc2cnc(OC)nc21.COc1ncc2nc(C(C)C)c(=O)[nH]c2n1. The molecule has 0 aromatic carbocycles. The minimum Gasteiger partial charge on any atom is -0.467 e. The molecule has 38 heavy (non-hydrogen) atoms. The van der Waals surface area contributed by atoms with E-state index in [2.05, 4.69) is 57.7 Å². The first-order valence-electron chi connectivity index (χ1n) is 12.3. The molecule has 4 aromatic rings. The van der Waals surface area contributed by atoms with Gasteiger partial charge < -0.3 is 14.5 Å². The molecule has 0 atom stereocenters. The Kier molecular flexibility index (Phi) is 11.7. The summed E-state index contributed by atoms with van der Waals surface area (Å²) in [6.07, 6.45) is 4.35. The van der Waals surface area contributed by atoms with E-state index < -0.39 is 0 Å². The normalized spacial score (nSPS) is 10.7. The molecule has 0 amide bonds. The van der Waals surface area contributed by atoms with E-state index in [0.717, 1.165) is 5.33 Å². The molecule has 13 heteroatoms. The molecule has 0 unspecified atom stereocenters. The average molecular weight is 592 g/mol. The number of aryl methyl sites for hydroxylation is 1. The average Bonchev–Trinajstić information content (AvgIpc) is 2.91. The largest absolute Gasteiger partial charge is 0.467 e. The van der Waals surface area contributed by atoms with Gasteiger partial charge in [0.1, 0.15) is 22.4 Å². The molecule has 1 N–H and O–H groups in total. The van der Waals surface area contributed by atoms with E-state index in [1.807, 2.05) is 34.6 Å². The Hall–Kier alpha value is -3.48. The quantitative estimate of drug-likeness (QED) is 0.326. The Morgan fingerprint density at radius 1 is 0.868 bits per heavy atom. The summed E-state index contributed by atoms with van der Waals surface area (Å²) in [5, 5.41) is 1.13. The van der Waals surface area contributed by atoms with Crippen molar-refractivity contribution >= 4 is 38.3 Å². The summed E-state index contributed by atoms with van der Waals surface area (Å²) >= 11 is 3.25. The molecule has 0 saturated heterocycles. The van der Waals surface area contributed by atoms with E-state index >= 15 is 0 Å². The van der Waals surface area contributed by atoms with Crippen molar-refractivity contribution in [2.45, 2.75) is 66.3 Å². The fraction of sp³-hybridized carbons (Fsp3) is 0.520. The van der Waals surface area contributed by atoms with E-state index in [0.29, 0.717) is 40.3 Å². The second-order valence-electron chi connectivity index (χ2n) is 8.65. The lowest BCUT2D eigenvalue weighted by Gasteiger charge is -2.11. The fourth-order valence-corrected chi connectivity index (χ4v) is 3.18. The zero-order valence-electron chi connectivity index (χ0n) is 23.1. The van der Waals surface area contributed by atoms with Gasteiger partial charge in [0.2, 0.25) is 0 Å². The molecule has 0 aliphatic carbocycles. The minimum absolute atomic E-state index is 0.0650. The standard InChI is InChI=1S/C12H16N4O2.C10H12N4O2.C3H7Br/c1-5-16-10-8(6-13-12(15-10)18-4)14-9(7(2)3)11(16)17;1-5(2)7-9(15)13-8-6(12-7)4-11-10(14-8)16-3;1-2-3-4/h6-7H,5H2,1-4H3;4-5H,1-3H3,(H,11,13,14,15);2-3H2,1H3. The number of rotatable bonds is 6. The third kappa shape index (κ3) is 7.53. The fourth-order valence-electron chi connectivity index (χ4n) is 3.18. The van der Waals surface area contributed by atoms with E-state index in [-0.39, 0.29) is 35.0 Å². The molecule has 4 aromatic heterocycles. The molecule has 0 saturated carbocycles. The molecular formula is C25H35BrN8O4. The van der Waals surface area contributed by atoms with Crippen LogP contribution in [0.5, 0.6) is 12.0 Å². The van der Waals surface area contributed by atoms with Gasteiger partial charge in [-0.15, -0.1) is 0 Å². The summed E-state index contributed by atoms with van der Waals surface area (Å²) in [5.74, 6) is 0.136. The first kappa shape index (κ1) is 30.7. The topological polar surface area (TPSA) is 151 Å². The van der Waals surface area contributed by atoms with Crippen LogP contribution in [0.1, 0.15) is 71.2 Å². The Bertz CT molecular complexity index is 1470. The van der Waals surface area contributed by atoms with Crippen LogP contribution in [0.2, 0.25) is 0 Å². The third-order valence-corrected chi connectivity index (χ3v) is 5.90. The number of hydrogen-bond donors (Lipinski definition) is 1. The van der Waals surface area contributed by atoms with Crippen LogP contribution in [0.3, 0.4) is 0 Å². The minimum atomic E-state index is -0.219. The van der Waals surface area contributed by atoms with E-state index in [1.54, 1.807) is 10.8 Å². The molecule has 0 aliphatic rings. The molecule has 206 valence electrons. The van der Waals surface area contributed by atoms with Crippen LogP contribution in [0.4, 0.5) is 0 Å². The predicted octanol–water partition coefficient (Wildman–Crippen LogP) is 3.97. The molecule has 0 aliphatic heterocycles. The Balaban J connectivity index is 0.000000235. The van der Waals surface area contributed by atoms with Crippen LogP contribution in [0.25, 0.3) is 22.3 Å². The number of hydrogen-bond acceptors (Lipinski definition) is 10. The molecule has 0 spiro atoms. The number of methoxy groups -OCH3 is 2. The summed E-state index contributed by atoms with van der Waals surface area (Å²) < 4.78 is 11.4. The van der Waals surface area contributed by atoms with Crippen LogP contribution in [0.15, 0.2) is 22.0 Å². The van der Waals surface area contributed by atoms with Crippen LogP contribution < -0.4 is 20.6 Å². The molecular weight excluding hydrogens is 556 g/mol. The van der Waals surface area contributed by atoms with Crippen molar-refractivity contribution < 1.29 is 9.47 Å². The van der Waals surface area contributed by atoms with Gasteiger partial charge >= 0.3 is 12.0 Å². The lowest BCUT2D eigenvalue weighted by molar-refractivity contribution is 0.380. The highest BCUT2D eigenvalue weighted by Crippen LogP contribution is 2.14. The number of halogens is 1. The van der Waals surface area contributed by atoms with Crippen molar-refractivity contribution in [2.24, 2.45) is 0 Å². The molecule has 0 fully saturated rings. The summed E-state index contributed by atoms with van der Waals surface area (Å²) in [6, 6.07) is 0.449. The maximum Gasteiger partial charge on any atom is 0.318 e. The number of alkyl halides is 1. The lowest BCUT2D eigenvalue weighted by atomic mass is 10.1. The highest BCUT2D eigenvalue weighted by molar-refractivity contribution is 9.09. The Morgan fingerprint density at radius 2 is 1.39 bits per heavy atom. The van der Waals surface area contributed by atoms with Gasteiger partial charge in [0, 0.05) is 23.7 Å². The first-order valence-corrected chi connectivity index (χ1v) is 13.4. The van der Waals surface area contributed by atoms with Crippen LogP contribution in [0, 0.1) is 0 Å². The number of H-pyrrole nitrogens is 1. The van der Waals surface area contributed by atoms with Gasteiger partial charge in [0.05, 0.1) is 26.6 Å². The zero-order valence-corrected chi connectivity index (χ0v) is 24.7. The maximum atomic E-state index is 12.3. The van der Waals surface area contributed by atoms with Crippen molar-refractivity contribution in [3.8, 4) is 12.0 Å². The van der Waals surface area contributed by atoms with Crippen molar-refractivity contribution in [1.29, 1.82) is 0 Å². The second kappa shape index (κ2) is 14.5. The number of nitrogens with one attached hydrogen (secondary N) is 1. The van der Waals surface area contributed by atoms with E-state index in [1.165, 1.54) is 26.8 Å². The second-order valence-corrected chi connectivity index (χ2v) is 9.45. The lowest BCUT2D eigenvalue weighted by Crippen LogP contribution is -2.26. The number of aromatic amines is 1. The zero-order chi connectivity index (χ0) is 28.4. The number of aromatic nitrogens is 8. The molecule has 0 bridgehead atoms. The van der Waals surface area contributed by atoms with Gasteiger partial charge in [-0.2, -0.15) is 9.97 Å². The summed E-state index contributed by atoms with van der Waals surface area (Å²) in [5.41, 5.74) is 2.79. The van der Waals surface area contributed by atoms with Crippen molar-refractivity contribution in [2.75, 3.05) is 19.5 Å². The number of ether oxygens (including phenoxy) is 2. The summed E-state index contributed by atoms with van der Waals surface area (Å²) in [7, 11) is 2.96. The third-order valence-electron chi connectivity index (χ3n) is 5.11. The molecule has 4 heterocycles. The Labute approximate surface area is 229 Å². The van der Waals surface area contributed by atoms with Crippen LogP contribution in [-0.2, 0) is 6.54 Å². The first-order chi connectivity index (χ1) is 18.1. The van der Waals surface area contributed by atoms with Gasteiger partial charge in [-0.05, 0) is 13.3 Å². The summed E-state index contributed by atoms with van der Waals surface area (Å²) in [4.78, 5) is 51.3. The van der Waals surface area contributed by atoms with Gasteiger partial charge in [-0.1, -0.05) is 50.5 Å². The van der Waals surface area contributed by atoms with Crippen LogP contribution >= 0.6 is 15.9 Å². The van der Waals surface area contributed by atoms with Gasteiger partial charge in [0.25, 0.3) is 11.1 Å². The summed E-state index contributed by atoms with van der Waals surface area (Å²) in [6.45, 7) is 12.3. The van der Waals surface area contributed by atoms with Crippen LogP contribution in [-0.4, -0.2) is 59.0 Å². The molecule has 4 rings (SSSR count). The van der Waals surface area contributed by atoms with Gasteiger partial charge in [0.15, 0.2) is 11.3 Å². The monoisotopic (exact) mass is 590 g/mol. The van der Waals surface area contributed by atoms with E-state index in [9.17, 15) is 9.59 Å². The number of nitrogens with zero attached hydrogens (tertiary/aromatic N) is 7. The smallest absolute Gasteiger partial charge is 0.318 e.